The molecular formula is C15H23N5O. The first kappa shape index (κ1) is 15.6. The van der Waals surface area contributed by atoms with E-state index in [1.165, 1.54) is 5.56 Å². The van der Waals surface area contributed by atoms with Crippen LogP contribution in [0.15, 0.2) is 30.3 Å². The highest BCUT2D eigenvalue weighted by atomic mass is 16.5. The molecule has 1 aromatic heterocycles. The van der Waals surface area contributed by atoms with Gasteiger partial charge < -0.3 is 10.1 Å². The zero-order chi connectivity index (χ0) is 14.9. The molecule has 0 spiro atoms. The highest BCUT2D eigenvalue weighted by Crippen LogP contribution is 2.19. The zero-order valence-corrected chi connectivity index (χ0v) is 12.7. The molecule has 2 rings (SSSR count). The van der Waals surface area contributed by atoms with Crippen molar-refractivity contribution in [3.63, 3.8) is 0 Å². The molecular weight excluding hydrogens is 266 g/mol. The summed E-state index contributed by atoms with van der Waals surface area (Å²) in [7, 11) is 1.69. The molecule has 21 heavy (non-hydrogen) atoms. The van der Waals surface area contributed by atoms with Crippen LogP contribution < -0.4 is 5.32 Å². The third kappa shape index (κ3) is 4.91. The Morgan fingerprint density at radius 2 is 2.10 bits per heavy atom. The Bertz CT molecular complexity index is 514. The van der Waals surface area contributed by atoms with E-state index in [1.54, 1.807) is 7.11 Å². The molecule has 1 aromatic carbocycles. The minimum absolute atomic E-state index is 0.490. The van der Waals surface area contributed by atoms with Crippen molar-refractivity contribution in [3.05, 3.63) is 41.7 Å². The Balaban J connectivity index is 1.82. The quantitative estimate of drug-likeness (QED) is 0.710. The molecule has 1 unspecified atom stereocenters. The SMILES string of the molecule is COCCNCc1nnnn1CCC(C)c1ccccc1. The standard InChI is InChI=1S/C15H23N5O/c1-13(14-6-4-3-5-7-14)8-10-20-15(17-18-19-20)12-16-9-11-21-2/h3-7,13,16H,8-12H2,1-2H3. The first-order chi connectivity index (χ1) is 10.3. The Kier molecular flexibility index (Phi) is 6.30. The Morgan fingerprint density at radius 3 is 2.86 bits per heavy atom. The van der Waals surface area contributed by atoms with Gasteiger partial charge in [0, 0.05) is 20.2 Å². The van der Waals surface area contributed by atoms with Crippen molar-refractivity contribution in [1.82, 2.24) is 25.5 Å². The highest BCUT2D eigenvalue weighted by Gasteiger charge is 2.09. The maximum atomic E-state index is 5.00. The van der Waals surface area contributed by atoms with Crippen LogP contribution in [0.5, 0.6) is 0 Å². The summed E-state index contributed by atoms with van der Waals surface area (Å²) in [5.41, 5.74) is 1.35. The summed E-state index contributed by atoms with van der Waals surface area (Å²) in [6.07, 6.45) is 1.01. The average Bonchev–Trinajstić information content (AvgIpc) is 2.97. The smallest absolute Gasteiger partial charge is 0.165 e. The molecule has 0 aliphatic rings. The number of aromatic nitrogens is 4. The van der Waals surface area contributed by atoms with Gasteiger partial charge in [-0.3, -0.25) is 0 Å². The van der Waals surface area contributed by atoms with Crippen LogP contribution in [0.3, 0.4) is 0 Å². The number of hydrogen-bond donors (Lipinski definition) is 1. The predicted molar refractivity (Wildman–Crippen MR) is 80.9 cm³/mol. The second-order valence-corrected chi connectivity index (χ2v) is 5.09. The first-order valence-corrected chi connectivity index (χ1v) is 7.31. The molecule has 6 heteroatoms. The van der Waals surface area contributed by atoms with E-state index < -0.39 is 0 Å². The molecule has 0 amide bonds. The summed E-state index contributed by atoms with van der Waals surface area (Å²) in [5, 5.41) is 15.2. The van der Waals surface area contributed by atoms with Gasteiger partial charge in [-0.1, -0.05) is 37.3 Å². The number of ether oxygens (including phenoxy) is 1. The van der Waals surface area contributed by atoms with Crippen molar-refractivity contribution in [2.24, 2.45) is 0 Å². The number of methoxy groups -OCH3 is 1. The van der Waals surface area contributed by atoms with Crippen LogP contribution in [0.4, 0.5) is 0 Å². The van der Waals surface area contributed by atoms with E-state index in [0.29, 0.717) is 19.1 Å². The highest BCUT2D eigenvalue weighted by molar-refractivity contribution is 5.18. The summed E-state index contributed by atoms with van der Waals surface area (Å²) in [6.45, 7) is 5.20. The fraction of sp³-hybridized carbons (Fsp3) is 0.533. The minimum Gasteiger partial charge on any atom is -0.383 e. The van der Waals surface area contributed by atoms with Gasteiger partial charge in [-0.25, -0.2) is 4.68 Å². The molecule has 0 fully saturated rings. The van der Waals surface area contributed by atoms with Gasteiger partial charge in [0.25, 0.3) is 0 Å². The van der Waals surface area contributed by atoms with E-state index >= 15 is 0 Å². The van der Waals surface area contributed by atoms with Crippen LogP contribution in [0.2, 0.25) is 0 Å². The van der Waals surface area contributed by atoms with Crippen molar-refractivity contribution in [2.45, 2.75) is 32.4 Å². The fourth-order valence-corrected chi connectivity index (χ4v) is 2.16. The third-order valence-corrected chi connectivity index (χ3v) is 3.51. The fourth-order valence-electron chi connectivity index (χ4n) is 2.16. The van der Waals surface area contributed by atoms with Crippen molar-refractivity contribution >= 4 is 0 Å². The Labute approximate surface area is 125 Å². The third-order valence-electron chi connectivity index (χ3n) is 3.51. The number of hydrogen-bond acceptors (Lipinski definition) is 5. The van der Waals surface area contributed by atoms with Crippen LogP contribution in [0.1, 0.15) is 30.7 Å². The number of nitrogens with one attached hydrogen (secondary N) is 1. The van der Waals surface area contributed by atoms with E-state index in [2.05, 4.69) is 52.0 Å². The summed E-state index contributed by atoms with van der Waals surface area (Å²) in [5.74, 6) is 1.36. The zero-order valence-electron chi connectivity index (χ0n) is 12.7. The van der Waals surface area contributed by atoms with Gasteiger partial charge in [0.1, 0.15) is 0 Å². The van der Waals surface area contributed by atoms with Crippen molar-refractivity contribution in [1.29, 1.82) is 0 Å². The van der Waals surface area contributed by atoms with Gasteiger partial charge >= 0.3 is 0 Å². The second-order valence-electron chi connectivity index (χ2n) is 5.09. The molecule has 6 nitrogen and oxygen atoms in total. The van der Waals surface area contributed by atoms with Crippen LogP contribution in [-0.4, -0.2) is 40.5 Å². The molecule has 1 atom stereocenters. The van der Waals surface area contributed by atoms with Gasteiger partial charge in [0.15, 0.2) is 5.82 Å². The van der Waals surface area contributed by atoms with Gasteiger partial charge in [-0.05, 0) is 28.3 Å². The lowest BCUT2D eigenvalue weighted by Gasteiger charge is -2.12. The number of benzene rings is 1. The molecule has 1 heterocycles. The molecule has 0 saturated carbocycles. The maximum Gasteiger partial charge on any atom is 0.165 e. The van der Waals surface area contributed by atoms with Crippen LogP contribution in [0, 0.1) is 0 Å². The summed E-state index contributed by atoms with van der Waals surface area (Å²) in [4.78, 5) is 0. The van der Waals surface area contributed by atoms with E-state index in [1.807, 2.05) is 10.7 Å². The van der Waals surface area contributed by atoms with Crippen LogP contribution in [0.25, 0.3) is 0 Å². The van der Waals surface area contributed by atoms with Crippen molar-refractivity contribution in [2.75, 3.05) is 20.3 Å². The molecule has 114 valence electrons. The van der Waals surface area contributed by atoms with E-state index in [-0.39, 0.29) is 0 Å². The molecule has 2 aromatic rings. The topological polar surface area (TPSA) is 64.9 Å². The molecule has 0 aliphatic heterocycles. The lowest BCUT2D eigenvalue weighted by atomic mass is 9.98. The summed E-state index contributed by atoms with van der Waals surface area (Å²) in [6, 6.07) is 10.5. The van der Waals surface area contributed by atoms with Gasteiger partial charge in [0.2, 0.25) is 0 Å². The van der Waals surface area contributed by atoms with Crippen LogP contribution >= 0.6 is 0 Å². The molecule has 1 N–H and O–H groups in total. The minimum atomic E-state index is 0.490. The Hall–Kier alpha value is -1.79. The van der Waals surface area contributed by atoms with Gasteiger partial charge in [-0.15, -0.1) is 5.10 Å². The molecule has 0 radical (unpaired) electrons. The molecule has 0 bridgehead atoms. The average molecular weight is 289 g/mol. The number of rotatable bonds is 9. The number of tetrazole rings is 1. The molecule has 0 aliphatic carbocycles. The lowest BCUT2D eigenvalue weighted by Crippen LogP contribution is -2.21. The predicted octanol–water partition coefficient (Wildman–Crippen LogP) is 1.60. The van der Waals surface area contributed by atoms with Crippen LogP contribution in [-0.2, 0) is 17.8 Å². The lowest BCUT2D eigenvalue weighted by molar-refractivity contribution is 0.198. The van der Waals surface area contributed by atoms with E-state index in [4.69, 9.17) is 4.74 Å². The Morgan fingerprint density at radius 1 is 1.29 bits per heavy atom. The first-order valence-electron chi connectivity index (χ1n) is 7.31. The van der Waals surface area contributed by atoms with Gasteiger partial charge in [-0.2, -0.15) is 0 Å². The summed E-state index contributed by atoms with van der Waals surface area (Å²) < 4.78 is 6.87. The summed E-state index contributed by atoms with van der Waals surface area (Å²) >= 11 is 0. The molecule has 0 saturated heterocycles. The van der Waals surface area contributed by atoms with Crippen molar-refractivity contribution < 1.29 is 4.74 Å². The monoisotopic (exact) mass is 289 g/mol. The number of aryl methyl sites for hydroxylation is 1. The maximum absolute atomic E-state index is 5.00. The van der Waals surface area contributed by atoms with E-state index in [0.717, 1.165) is 25.3 Å². The second kappa shape index (κ2) is 8.49. The van der Waals surface area contributed by atoms with Gasteiger partial charge in [0.05, 0.1) is 13.2 Å². The largest absolute Gasteiger partial charge is 0.383 e. The van der Waals surface area contributed by atoms with Crippen molar-refractivity contribution in [3.8, 4) is 0 Å². The number of nitrogens with zero attached hydrogens (tertiary/aromatic N) is 4. The normalized spacial score (nSPS) is 12.5. The van der Waals surface area contributed by atoms with E-state index in [9.17, 15) is 0 Å².